The van der Waals surface area contributed by atoms with Gasteiger partial charge in [-0.15, -0.1) is 11.3 Å². The van der Waals surface area contributed by atoms with Gasteiger partial charge in [0.05, 0.1) is 20.6 Å². The molecule has 4 rings (SSSR count). The molecule has 128 valence electrons. The quantitative estimate of drug-likeness (QED) is 0.716. The summed E-state index contributed by atoms with van der Waals surface area (Å²) in [6.45, 7) is 1.67. The Balaban J connectivity index is 1.74. The average Bonchev–Trinajstić information content (AvgIpc) is 3.22. The van der Waals surface area contributed by atoms with E-state index in [0.717, 1.165) is 21.6 Å². The molecule has 0 amide bonds. The number of carboxylic acid groups (broad SMARTS) is 1. The third-order valence-electron chi connectivity index (χ3n) is 5.37. The van der Waals surface area contributed by atoms with Crippen molar-refractivity contribution in [2.24, 2.45) is 0 Å². The van der Waals surface area contributed by atoms with E-state index in [-0.39, 0.29) is 11.7 Å². The van der Waals surface area contributed by atoms with Crippen LogP contribution >= 0.6 is 11.3 Å². The molecule has 3 aromatic rings. The lowest BCUT2D eigenvalue weighted by atomic mass is 9.76. The summed E-state index contributed by atoms with van der Waals surface area (Å²) in [5.74, 6) is -1.12. The van der Waals surface area contributed by atoms with E-state index in [0.29, 0.717) is 24.0 Å². The van der Waals surface area contributed by atoms with Gasteiger partial charge in [-0.1, -0.05) is 24.3 Å². The number of rotatable bonds is 3. The fourth-order valence-corrected chi connectivity index (χ4v) is 5.10. The molecular formula is C20H18FNO2S. The molecule has 1 saturated carbocycles. The number of nitrogens with zero attached hydrogens (tertiary/aromatic N) is 1. The minimum Gasteiger partial charge on any atom is -0.481 e. The van der Waals surface area contributed by atoms with E-state index < -0.39 is 11.4 Å². The van der Waals surface area contributed by atoms with Crippen molar-refractivity contribution in [2.45, 2.75) is 37.5 Å². The van der Waals surface area contributed by atoms with E-state index in [1.54, 1.807) is 30.4 Å². The minimum absolute atomic E-state index is 0.0937. The molecule has 2 atom stereocenters. The first-order valence-corrected chi connectivity index (χ1v) is 9.17. The standard InChI is InChI=1S/C20H18FNO2S/c1-12-14(5-4-6-15(12)21)20(19(23)24)10-9-13(11-20)18-22-16-7-2-3-8-17(16)25-18/h2-8,13H,9-11H2,1H3,(H,23,24). The summed E-state index contributed by atoms with van der Waals surface area (Å²) >= 11 is 1.63. The number of hydrogen-bond acceptors (Lipinski definition) is 3. The molecule has 0 bridgehead atoms. The van der Waals surface area contributed by atoms with Crippen molar-refractivity contribution in [3.05, 3.63) is 64.4 Å². The van der Waals surface area contributed by atoms with Crippen LogP contribution in [-0.4, -0.2) is 16.1 Å². The van der Waals surface area contributed by atoms with E-state index in [9.17, 15) is 14.3 Å². The van der Waals surface area contributed by atoms with Crippen molar-refractivity contribution in [2.75, 3.05) is 0 Å². The predicted octanol–water partition coefficient (Wildman–Crippen LogP) is 5.03. The summed E-state index contributed by atoms with van der Waals surface area (Å²) in [5, 5.41) is 11.0. The second kappa shape index (κ2) is 5.92. The number of halogens is 1. The highest BCUT2D eigenvalue weighted by Crippen LogP contribution is 2.50. The second-order valence-corrected chi connectivity index (χ2v) is 7.82. The summed E-state index contributed by atoms with van der Waals surface area (Å²) in [6, 6.07) is 12.7. The number of benzene rings is 2. The maximum absolute atomic E-state index is 14.0. The van der Waals surface area contributed by atoms with Crippen LogP contribution in [0.4, 0.5) is 4.39 Å². The van der Waals surface area contributed by atoms with Crippen LogP contribution in [0.5, 0.6) is 0 Å². The molecule has 1 aliphatic rings. The maximum atomic E-state index is 14.0. The number of aliphatic carboxylic acids is 1. The Morgan fingerprint density at radius 3 is 2.84 bits per heavy atom. The zero-order valence-corrected chi connectivity index (χ0v) is 14.6. The molecule has 1 aliphatic carbocycles. The third-order valence-corrected chi connectivity index (χ3v) is 6.57. The molecule has 1 aromatic heterocycles. The summed E-state index contributed by atoms with van der Waals surface area (Å²) in [6.07, 6.45) is 1.72. The number of para-hydroxylation sites is 1. The monoisotopic (exact) mass is 355 g/mol. The van der Waals surface area contributed by atoms with Gasteiger partial charge in [0.1, 0.15) is 5.82 Å². The normalized spacial score (nSPS) is 23.2. The lowest BCUT2D eigenvalue weighted by molar-refractivity contribution is -0.143. The minimum atomic E-state index is -1.03. The smallest absolute Gasteiger partial charge is 0.314 e. The van der Waals surface area contributed by atoms with Gasteiger partial charge >= 0.3 is 5.97 Å². The molecule has 5 heteroatoms. The van der Waals surface area contributed by atoms with Crippen molar-refractivity contribution < 1.29 is 14.3 Å². The Morgan fingerprint density at radius 1 is 1.28 bits per heavy atom. The van der Waals surface area contributed by atoms with E-state index in [4.69, 9.17) is 4.98 Å². The molecule has 3 nitrogen and oxygen atoms in total. The van der Waals surface area contributed by atoms with Crippen molar-refractivity contribution in [1.82, 2.24) is 4.98 Å². The highest BCUT2D eigenvalue weighted by molar-refractivity contribution is 7.18. The van der Waals surface area contributed by atoms with Crippen molar-refractivity contribution in [1.29, 1.82) is 0 Å². The van der Waals surface area contributed by atoms with Crippen LogP contribution in [0.2, 0.25) is 0 Å². The predicted molar refractivity (Wildman–Crippen MR) is 96.7 cm³/mol. The maximum Gasteiger partial charge on any atom is 0.314 e. The molecule has 2 aromatic carbocycles. The van der Waals surface area contributed by atoms with Crippen LogP contribution < -0.4 is 0 Å². The molecule has 1 fully saturated rings. The van der Waals surface area contributed by atoms with Crippen LogP contribution in [-0.2, 0) is 10.2 Å². The fraction of sp³-hybridized carbons (Fsp3) is 0.300. The Labute approximate surface area is 149 Å². The molecule has 1 heterocycles. The van der Waals surface area contributed by atoms with Gasteiger partial charge in [0.15, 0.2) is 0 Å². The van der Waals surface area contributed by atoms with Crippen LogP contribution in [0.25, 0.3) is 10.2 Å². The van der Waals surface area contributed by atoms with Gasteiger partial charge in [-0.25, -0.2) is 9.37 Å². The number of fused-ring (bicyclic) bond motifs is 1. The molecular weight excluding hydrogens is 337 g/mol. The molecule has 25 heavy (non-hydrogen) atoms. The summed E-state index contributed by atoms with van der Waals surface area (Å²) in [7, 11) is 0. The second-order valence-electron chi connectivity index (χ2n) is 6.76. The molecule has 0 aliphatic heterocycles. The van der Waals surface area contributed by atoms with Gasteiger partial charge in [0.25, 0.3) is 0 Å². The summed E-state index contributed by atoms with van der Waals surface area (Å²) in [4.78, 5) is 16.9. The van der Waals surface area contributed by atoms with Crippen molar-refractivity contribution >= 4 is 27.5 Å². The lowest BCUT2D eigenvalue weighted by Crippen LogP contribution is -2.34. The Morgan fingerprint density at radius 2 is 2.08 bits per heavy atom. The van der Waals surface area contributed by atoms with Gasteiger partial charge < -0.3 is 5.11 Å². The van der Waals surface area contributed by atoms with E-state index in [1.807, 2.05) is 24.3 Å². The van der Waals surface area contributed by atoms with Gasteiger partial charge in [0.2, 0.25) is 0 Å². The number of thiazole rings is 1. The first-order chi connectivity index (χ1) is 12.0. The molecule has 0 saturated heterocycles. The number of carboxylic acids is 1. The van der Waals surface area contributed by atoms with E-state index in [1.165, 1.54) is 6.07 Å². The Kier molecular flexibility index (Phi) is 3.84. The van der Waals surface area contributed by atoms with Gasteiger partial charge in [-0.05, 0) is 55.5 Å². The molecule has 2 unspecified atom stereocenters. The largest absolute Gasteiger partial charge is 0.481 e. The average molecular weight is 355 g/mol. The number of carbonyl (C=O) groups is 1. The fourth-order valence-electron chi connectivity index (χ4n) is 4.00. The Bertz CT molecular complexity index is 934. The highest BCUT2D eigenvalue weighted by atomic mass is 32.1. The number of hydrogen-bond donors (Lipinski definition) is 1. The molecule has 0 spiro atoms. The third kappa shape index (κ3) is 2.54. The SMILES string of the molecule is Cc1c(F)cccc1C1(C(=O)O)CCC(c2nc3ccccc3s2)C1. The van der Waals surface area contributed by atoms with E-state index in [2.05, 4.69) is 0 Å². The summed E-state index contributed by atoms with van der Waals surface area (Å²) < 4.78 is 15.1. The summed E-state index contributed by atoms with van der Waals surface area (Å²) in [5.41, 5.74) is 0.963. The zero-order chi connectivity index (χ0) is 17.6. The lowest BCUT2D eigenvalue weighted by Gasteiger charge is -2.27. The Hall–Kier alpha value is -2.27. The highest BCUT2D eigenvalue weighted by Gasteiger charge is 2.48. The first kappa shape index (κ1) is 16.2. The molecule has 1 N–H and O–H groups in total. The van der Waals surface area contributed by atoms with Gasteiger partial charge in [0, 0.05) is 5.92 Å². The topological polar surface area (TPSA) is 50.2 Å². The van der Waals surface area contributed by atoms with Gasteiger partial charge in [-0.3, -0.25) is 4.79 Å². The van der Waals surface area contributed by atoms with Gasteiger partial charge in [-0.2, -0.15) is 0 Å². The van der Waals surface area contributed by atoms with Crippen molar-refractivity contribution in [3.8, 4) is 0 Å². The number of aromatic nitrogens is 1. The van der Waals surface area contributed by atoms with Crippen LogP contribution in [0.15, 0.2) is 42.5 Å². The first-order valence-electron chi connectivity index (χ1n) is 8.36. The van der Waals surface area contributed by atoms with Crippen LogP contribution in [0.3, 0.4) is 0 Å². The zero-order valence-electron chi connectivity index (χ0n) is 13.8. The van der Waals surface area contributed by atoms with Crippen LogP contribution in [0.1, 0.15) is 41.3 Å². The molecule has 0 radical (unpaired) electrons. The van der Waals surface area contributed by atoms with Crippen LogP contribution in [0, 0.1) is 12.7 Å². The van der Waals surface area contributed by atoms with Crippen molar-refractivity contribution in [3.63, 3.8) is 0 Å². The van der Waals surface area contributed by atoms with E-state index >= 15 is 0 Å².